The second-order valence-corrected chi connectivity index (χ2v) is 6.22. The first kappa shape index (κ1) is 13.2. The highest BCUT2D eigenvalue weighted by molar-refractivity contribution is 5.76. The van der Waals surface area contributed by atoms with Gasteiger partial charge in [-0.15, -0.1) is 0 Å². The Morgan fingerprint density at radius 1 is 1.28 bits per heavy atom. The van der Waals surface area contributed by atoms with Crippen molar-refractivity contribution in [2.75, 3.05) is 0 Å². The molecule has 2 aliphatic heterocycles. The molecule has 0 saturated carbocycles. The van der Waals surface area contributed by atoms with E-state index in [1.54, 1.807) is 4.90 Å². The monoisotopic (exact) mass is 255 g/mol. The van der Waals surface area contributed by atoms with Crippen LogP contribution in [0.2, 0.25) is 0 Å². The first-order valence-corrected chi connectivity index (χ1v) is 6.54. The Labute approximate surface area is 107 Å². The van der Waals surface area contributed by atoms with Gasteiger partial charge in [0.15, 0.2) is 0 Å². The molecule has 5 nitrogen and oxygen atoms in total. The van der Waals surface area contributed by atoms with E-state index in [0.29, 0.717) is 6.42 Å². The molecule has 18 heavy (non-hydrogen) atoms. The molecule has 0 aromatic carbocycles. The average molecular weight is 255 g/mol. The third-order valence-electron chi connectivity index (χ3n) is 3.70. The molecule has 0 aromatic rings. The zero-order chi connectivity index (χ0) is 13.5. The van der Waals surface area contributed by atoms with Crippen LogP contribution in [0.4, 0.5) is 4.79 Å². The number of piperidine rings is 1. The van der Waals surface area contributed by atoms with Crippen molar-refractivity contribution < 1.29 is 19.4 Å². The third kappa shape index (κ3) is 2.44. The fraction of sp³-hybridized carbons (Fsp3) is 0.846. The number of hydrogen-bond acceptors (Lipinski definition) is 3. The van der Waals surface area contributed by atoms with E-state index in [9.17, 15) is 14.7 Å². The van der Waals surface area contributed by atoms with Gasteiger partial charge in [-0.2, -0.15) is 0 Å². The summed E-state index contributed by atoms with van der Waals surface area (Å²) in [6.45, 7) is 5.47. The van der Waals surface area contributed by atoms with E-state index < -0.39 is 17.5 Å². The van der Waals surface area contributed by atoms with Gasteiger partial charge in [0.1, 0.15) is 5.60 Å². The standard InChI is InChI=1S/C13H21NO4/c1-13(2,3)18-12(17)14-8-5-4-6-10(14)9(7-8)11(15)16/h8-10H,4-7H2,1-3H3,(H,15,16)/t8-,9-,10+/m0/s1. The zero-order valence-corrected chi connectivity index (χ0v) is 11.2. The molecule has 1 amide bonds. The molecule has 0 radical (unpaired) electrons. The van der Waals surface area contributed by atoms with Gasteiger partial charge in [-0.05, 0) is 46.5 Å². The maximum absolute atomic E-state index is 12.2. The van der Waals surface area contributed by atoms with Gasteiger partial charge >= 0.3 is 12.1 Å². The van der Waals surface area contributed by atoms with Crippen LogP contribution in [-0.4, -0.2) is 39.8 Å². The molecule has 2 aliphatic rings. The lowest BCUT2D eigenvalue weighted by atomic mass is 9.98. The number of nitrogens with zero attached hydrogens (tertiary/aromatic N) is 1. The van der Waals surface area contributed by atoms with Crippen LogP contribution in [0, 0.1) is 5.92 Å². The average Bonchev–Trinajstić information content (AvgIpc) is 2.43. The number of carboxylic acids is 1. The van der Waals surface area contributed by atoms with E-state index in [2.05, 4.69) is 0 Å². The number of rotatable bonds is 1. The number of ether oxygens (including phenoxy) is 1. The molecule has 2 rings (SSSR count). The van der Waals surface area contributed by atoms with Crippen LogP contribution in [0.5, 0.6) is 0 Å². The van der Waals surface area contributed by atoms with Crippen LogP contribution in [0.1, 0.15) is 46.5 Å². The summed E-state index contributed by atoms with van der Waals surface area (Å²) in [5.41, 5.74) is -0.535. The molecule has 0 spiro atoms. The van der Waals surface area contributed by atoms with Crippen molar-refractivity contribution in [1.29, 1.82) is 0 Å². The van der Waals surface area contributed by atoms with Gasteiger partial charge in [0, 0.05) is 12.1 Å². The number of carboxylic acid groups (broad SMARTS) is 1. The Morgan fingerprint density at radius 3 is 2.50 bits per heavy atom. The summed E-state index contributed by atoms with van der Waals surface area (Å²) in [7, 11) is 0. The van der Waals surface area contributed by atoms with Crippen molar-refractivity contribution >= 4 is 12.1 Å². The summed E-state index contributed by atoms with van der Waals surface area (Å²) in [5, 5.41) is 9.21. The van der Waals surface area contributed by atoms with Crippen molar-refractivity contribution in [3.05, 3.63) is 0 Å². The second-order valence-electron chi connectivity index (χ2n) is 6.22. The SMILES string of the molecule is CC(C)(C)OC(=O)N1[C@H]2CCC[C@@H]1[C@@H](C(=O)O)C2. The maximum atomic E-state index is 12.2. The predicted octanol–water partition coefficient (Wildman–Crippen LogP) is 2.25. The van der Waals surface area contributed by atoms with Gasteiger partial charge in [-0.3, -0.25) is 4.79 Å². The molecule has 1 N–H and O–H groups in total. The fourth-order valence-corrected chi connectivity index (χ4v) is 3.05. The highest BCUT2D eigenvalue weighted by Crippen LogP contribution is 2.40. The normalized spacial score (nSPS) is 31.3. The Kier molecular flexibility index (Phi) is 3.25. The van der Waals surface area contributed by atoms with Gasteiger partial charge in [0.2, 0.25) is 0 Å². The smallest absolute Gasteiger partial charge is 0.410 e. The lowest BCUT2D eigenvalue weighted by Crippen LogP contribution is -2.48. The van der Waals surface area contributed by atoms with Crippen LogP contribution >= 0.6 is 0 Å². The minimum atomic E-state index is -0.794. The molecular formula is C13H21NO4. The summed E-state index contributed by atoms with van der Waals surface area (Å²) >= 11 is 0. The lowest BCUT2D eigenvalue weighted by molar-refractivity contribution is -0.142. The van der Waals surface area contributed by atoms with Crippen molar-refractivity contribution in [2.24, 2.45) is 5.92 Å². The second kappa shape index (κ2) is 4.44. The van der Waals surface area contributed by atoms with Crippen molar-refractivity contribution in [2.45, 2.75) is 64.1 Å². The van der Waals surface area contributed by atoms with E-state index in [4.69, 9.17) is 4.74 Å². The van der Waals surface area contributed by atoms with Crippen molar-refractivity contribution in [3.63, 3.8) is 0 Å². The summed E-state index contributed by atoms with van der Waals surface area (Å²) < 4.78 is 5.38. The van der Waals surface area contributed by atoms with E-state index in [1.807, 2.05) is 20.8 Å². The van der Waals surface area contributed by atoms with E-state index in [0.717, 1.165) is 19.3 Å². The molecule has 5 heteroatoms. The lowest BCUT2D eigenvalue weighted by Gasteiger charge is -2.36. The summed E-state index contributed by atoms with van der Waals surface area (Å²) in [6, 6.07) is -0.143. The zero-order valence-electron chi connectivity index (χ0n) is 11.2. The topological polar surface area (TPSA) is 66.8 Å². The van der Waals surface area contributed by atoms with Crippen molar-refractivity contribution in [3.8, 4) is 0 Å². The van der Waals surface area contributed by atoms with Gasteiger partial charge in [-0.1, -0.05) is 0 Å². The first-order chi connectivity index (χ1) is 8.29. The highest BCUT2D eigenvalue weighted by atomic mass is 16.6. The number of hydrogen-bond donors (Lipinski definition) is 1. The van der Waals surface area contributed by atoms with Crippen LogP contribution < -0.4 is 0 Å². The molecular weight excluding hydrogens is 234 g/mol. The molecule has 102 valence electrons. The van der Waals surface area contributed by atoms with Gasteiger partial charge in [0.25, 0.3) is 0 Å². The van der Waals surface area contributed by atoms with Crippen LogP contribution in [0.3, 0.4) is 0 Å². The molecule has 2 saturated heterocycles. The predicted molar refractivity (Wildman–Crippen MR) is 65.2 cm³/mol. The number of carbonyl (C=O) groups is 2. The molecule has 0 unspecified atom stereocenters. The summed E-state index contributed by atoms with van der Waals surface area (Å²) in [5.74, 6) is -1.22. The number of carbonyl (C=O) groups excluding carboxylic acids is 1. The number of aliphatic carboxylic acids is 1. The summed E-state index contributed by atoms with van der Waals surface area (Å²) in [6.07, 6.45) is 2.87. The maximum Gasteiger partial charge on any atom is 0.410 e. The highest BCUT2D eigenvalue weighted by Gasteiger charge is 2.50. The number of fused-ring (bicyclic) bond motifs is 2. The molecule has 2 heterocycles. The number of amides is 1. The van der Waals surface area contributed by atoms with Crippen LogP contribution in [0.25, 0.3) is 0 Å². The quantitative estimate of drug-likeness (QED) is 0.780. The fourth-order valence-electron chi connectivity index (χ4n) is 3.05. The van der Waals surface area contributed by atoms with E-state index in [-0.39, 0.29) is 18.2 Å². The molecule has 0 aliphatic carbocycles. The molecule has 3 atom stereocenters. The Balaban J connectivity index is 2.14. The summed E-state index contributed by atoms with van der Waals surface area (Å²) in [4.78, 5) is 25.0. The van der Waals surface area contributed by atoms with Crippen molar-refractivity contribution in [1.82, 2.24) is 4.90 Å². The Hall–Kier alpha value is -1.26. The van der Waals surface area contributed by atoms with Gasteiger partial charge in [0.05, 0.1) is 5.92 Å². The molecule has 2 fully saturated rings. The Bertz CT molecular complexity index is 360. The van der Waals surface area contributed by atoms with Gasteiger partial charge < -0.3 is 14.7 Å². The first-order valence-electron chi connectivity index (χ1n) is 6.54. The Morgan fingerprint density at radius 2 is 1.94 bits per heavy atom. The molecule has 0 aromatic heterocycles. The third-order valence-corrected chi connectivity index (χ3v) is 3.70. The van der Waals surface area contributed by atoms with E-state index >= 15 is 0 Å². The van der Waals surface area contributed by atoms with Gasteiger partial charge in [-0.25, -0.2) is 4.79 Å². The minimum Gasteiger partial charge on any atom is -0.481 e. The largest absolute Gasteiger partial charge is 0.481 e. The van der Waals surface area contributed by atoms with Crippen LogP contribution in [-0.2, 0) is 9.53 Å². The van der Waals surface area contributed by atoms with Crippen LogP contribution in [0.15, 0.2) is 0 Å². The molecule has 2 bridgehead atoms. The minimum absolute atomic E-state index is 0.0414. The van der Waals surface area contributed by atoms with E-state index in [1.165, 1.54) is 0 Å².